The van der Waals surface area contributed by atoms with Gasteiger partial charge in [0.1, 0.15) is 6.04 Å². The molecule has 0 radical (unpaired) electrons. The standard InChI is InChI=1S/C18H17NO3S/c1-3-7-17(18(20)15-8-5-4-6-9-15)19-23(21,22)16-12-10-14(2)11-13-16/h4-13,17,19H,1H2,2H3. The molecule has 0 aliphatic rings. The highest BCUT2D eigenvalue weighted by molar-refractivity contribution is 7.89. The van der Waals surface area contributed by atoms with Crippen LogP contribution in [0.15, 0.2) is 77.9 Å². The van der Waals surface area contributed by atoms with E-state index < -0.39 is 16.1 Å². The molecule has 1 N–H and O–H groups in total. The third-order valence-electron chi connectivity index (χ3n) is 3.24. The van der Waals surface area contributed by atoms with E-state index in [0.717, 1.165) is 5.56 Å². The summed E-state index contributed by atoms with van der Waals surface area (Å²) >= 11 is 0. The largest absolute Gasteiger partial charge is 0.292 e. The van der Waals surface area contributed by atoms with E-state index in [2.05, 4.69) is 17.0 Å². The van der Waals surface area contributed by atoms with Crippen molar-refractivity contribution in [2.45, 2.75) is 17.9 Å². The second-order valence-corrected chi connectivity index (χ2v) is 6.73. The molecule has 0 aliphatic carbocycles. The van der Waals surface area contributed by atoms with Gasteiger partial charge in [0, 0.05) is 5.56 Å². The average molecular weight is 327 g/mol. The minimum atomic E-state index is -3.82. The summed E-state index contributed by atoms with van der Waals surface area (Å²) in [6, 6.07) is 13.8. The van der Waals surface area contributed by atoms with Gasteiger partial charge in [0.15, 0.2) is 5.78 Å². The lowest BCUT2D eigenvalue weighted by atomic mass is 10.1. The summed E-state index contributed by atoms with van der Waals surface area (Å²) in [5.41, 5.74) is 3.84. The molecule has 2 aromatic carbocycles. The first-order valence-corrected chi connectivity index (χ1v) is 8.46. The van der Waals surface area contributed by atoms with E-state index in [0.29, 0.717) is 5.56 Å². The second-order valence-electron chi connectivity index (χ2n) is 5.01. The molecule has 1 atom stereocenters. The Morgan fingerprint density at radius 3 is 2.30 bits per heavy atom. The number of aryl methyl sites for hydroxylation is 1. The highest BCUT2D eigenvalue weighted by Crippen LogP contribution is 2.12. The molecule has 4 nitrogen and oxygen atoms in total. The number of rotatable bonds is 6. The van der Waals surface area contributed by atoms with Crippen LogP contribution in [0, 0.1) is 6.92 Å². The zero-order valence-electron chi connectivity index (χ0n) is 12.7. The summed E-state index contributed by atoms with van der Waals surface area (Å²) in [6.07, 6.45) is 1.31. The Morgan fingerprint density at radius 2 is 1.74 bits per heavy atom. The Labute approximate surface area is 136 Å². The molecule has 0 fully saturated rings. The van der Waals surface area contributed by atoms with E-state index in [1.807, 2.05) is 6.92 Å². The van der Waals surface area contributed by atoms with Crippen LogP contribution in [-0.2, 0) is 10.0 Å². The predicted octanol–water partition coefficient (Wildman–Crippen LogP) is 2.87. The van der Waals surface area contributed by atoms with Crippen molar-refractivity contribution in [1.29, 1.82) is 0 Å². The van der Waals surface area contributed by atoms with Crippen LogP contribution < -0.4 is 4.72 Å². The highest BCUT2D eigenvalue weighted by atomic mass is 32.2. The van der Waals surface area contributed by atoms with E-state index in [9.17, 15) is 13.2 Å². The van der Waals surface area contributed by atoms with Gasteiger partial charge in [-0.2, -0.15) is 4.72 Å². The van der Waals surface area contributed by atoms with Crippen molar-refractivity contribution in [2.75, 3.05) is 0 Å². The van der Waals surface area contributed by atoms with Crippen LogP contribution in [0.5, 0.6) is 0 Å². The van der Waals surface area contributed by atoms with Crippen molar-refractivity contribution in [3.05, 3.63) is 84.1 Å². The number of carbonyl (C=O) groups excluding carboxylic acids is 1. The monoisotopic (exact) mass is 327 g/mol. The minimum Gasteiger partial charge on any atom is -0.292 e. The SMILES string of the molecule is C=C=CC(NS(=O)(=O)c1ccc(C)cc1)C(=O)c1ccccc1. The van der Waals surface area contributed by atoms with Crippen molar-refractivity contribution in [2.24, 2.45) is 0 Å². The van der Waals surface area contributed by atoms with Gasteiger partial charge in [0.05, 0.1) is 4.90 Å². The first-order chi connectivity index (χ1) is 10.9. The summed E-state index contributed by atoms with van der Waals surface area (Å²) in [5.74, 6) is -0.363. The zero-order chi connectivity index (χ0) is 16.9. The number of sulfonamides is 1. The van der Waals surface area contributed by atoms with Crippen molar-refractivity contribution >= 4 is 15.8 Å². The van der Waals surface area contributed by atoms with Crippen molar-refractivity contribution in [1.82, 2.24) is 4.72 Å². The third-order valence-corrected chi connectivity index (χ3v) is 4.70. The van der Waals surface area contributed by atoms with Gasteiger partial charge < -0.3 is 0 Å². The van der Waals surface area contributed by atoms with Crippen LogP contribution in [0.4, 0.5) is 0 Å². The molecule has 1 unspecified atom stereocenters. The lowest BCUT2D eigenvalue weighted by Gasteiger charge is -2.14. The van der Waals surface area contributed by atoms with E-state index in [4.69, 9.17) is 0 Å². The van der Waals surface area contributed by atoms with Crippen LogP contribution in [0.2, 0.25) is 0 Å². The normalized spacial score (nSPS) is 12.2. The van der Waals surface area contributed by atoms with Crippen molar-refractivity contribution in [3.63, 3.8) is 0 Å². The van der Waals surface area contributed by atoms with Crippen LogP contribution in [0.3, 0.4) is 0 Å². The number of ketones is 1. The summed E-state index contributed by atoms with van der Waals surface area (Å²) < 4.78 is 27.3. The first-order valence-electron chi connectivity index (χ1n) is 6.98. The van der Waals surface area contributed by atoms with Gasteiger partial charge in [-0.05, 0) is 25.1 Å². The second kappa shape index (κ2) is 7.20. The van der Waals surface area contributed by atoms with E-state index in [1.165, 1.54) is 18.2 Å². The van der Waals surface area contributed by atoms with Gasteiger partial charge in [-0.1, -0.05) is 54.6 Å². The van der Waals surface area contributed by atoms with Crippen LogP contribution in [0.25, 0.3) is 0 Å². The van der Waals surface area contributed by atoms with E-state index >= 15 is 0 Å². The number of carbonyl (C=O) groups is 1. The first kappa shape index (κ1) is 16.9. The van der Waals surface area contributed by atoms with Gasteiger partial charge in [0.25, 0.3) is 0 Å². The van der Waals surface area contributed by atoms with Gasteiger partial charge in [0.2, 0.25) is 10.0 Å². The summed E-state index contributed by atoms with van der Waals surface area (Å²) in [7, 11) is -3.82. The van der Waals surface area contributed by atoms with Gasteiger partial charge >= 0.3 is 0 Å². The molecule has 0 heterocycles. The lowest BCUT2D eigenvalue weighted by molar-refractivity contribution is 0.0972. The molecular weight excluding hydrogens is 310 g/mol. The molecule has 5 heteroatoms. The van der Waals surface area contributed by atoms with E-state index in [-0.39, 0.29) is 10.7 Å². The fourth-order valence-electron chi connectivity index (χ4n) is 2.02. The summed E-state index contributed by atoms with van der Waals surface area (Å²) in [5, 5.41) is 0. The molecule has 2 rings (SSSR count). The molecule has 118 valence electrons. The fraction of sp³-hybridized carbons (Fsp3) is 0.111. The van der Waals surface area contributed by atoms with Gasteiger partial charge in [-0.3, -0.25) is 4.79 Å². The fourth-order valence-corrected chi connectivity index (χ4v) is 3.16. The number of benzene rings is 2. The van der Waals surface area contributed by atoms with Crippen LogP contribution >= 0.6 is 0 Å². The highest BCUT2D eigenvalue weighted by Gasteiger charge is 2.24. The van der Waals surface area contributed by atoms with Crippen molar-refractivity contribution in [3.8, 4) is 0 Å². The minimum absolute atomic E-state index is 0.103. The zero-order valence-corrected chi connectivity index (χ0v) is 13.5. The molecule has 0 saturated carbocycles. The third kappa shape index (κ3) is 4.27. The lowest BCUT2D eigenvalue weighted by Crippen LogP contribution is -2.39. The summed E-state index contributed by atoms with van der Waals surface area (Å²) in [4.78, 5) is 12.6. The topological polar surface area (TPSA) is 63.2 Å². The van der Waals surface area contributed by atoms with Gasteiger partial charge in [-0.15, -0.1) is 5.73 Å². The average Bonchev–Trinajstić information content (AvgIpc) is 2.55. The molecule has 0 amide bonds. The Balaban J connectivity index is 2.30. The molecule has 2 aromatic rings. The van der Waals surface area contributed by atoms with Crippen LogP contribution in [0.1, 0.15) is 15.9 Å². The maximum absolute atomic E-state index is 12.5. The molecule has 23 heavy (non-hydrogen) atoms. The van der Waals surface area contributed by atoms with Gasteiger partial charge in [-0.25, -0.2) is 8.42 Å². The molecule has 0 aromatic heterocycles. The smallest absolute Gasteiger partial charge is 0.241 e. The number of Topliss-reactive ketones (excluding diaryl/α,β-unsaturated/α-hetero) is 1. The Morgan fingerprint density at radius 1 is 1.13 bits per heavy atom. The molecule has 0 aliphatic heterocycles. The Hall–Kier alpha value is -2.46. The quantitative estimate of drug-likeness (QED) is 0.655. The van der Waals surface area contributed by atoms with Crippen LogP contribution in [-0.4, -0.2) is 20.2 Å². The van der Waals surface area contributed by atoms with Crippen molar-refractivity contribution < 1.29 is 13.2 Å². The Kier molecular flexibility index (Phi) is 5.29. The molecule has 0 bridgehead atoms. The molecular formula is C18H17NO3S. The molecule has 0 spiro atoms. The van der Waals surface area contributed by atoms with E-state index in [1.54, 1.807) is 42.5 Å². The molecule has 0 saturated heterocycles. The maximum atomic E-state index is 12.5. The Bertz CT molecular complexity index is 834. The number of hydrogen-bond donors (Lipinski definition) is 1. The summed E-state index contributed by atoms with van der Waals surface area (Å²) in [6.45, 7) is 5.29. The number of nitrogens with one attached hydrogen (secondary N) is 1. The maximum Gasteiger partial charge on any atom is 0.241 e. The predicted molar refractivity (Wildman–Crippen MR) is 89.8 cm³/mol. The number of hydrogen-bond acceptors (Lipinski definition) is 3.